The first-order chi connectivity index (χ1) is 15.6. The number of carbonyl (C=O) groups excluding carboxylic acids is 1. The first-order valence-electron chi connectivity index (χ1n) is 9.87. The second-order valence-electron chi connectivity index (χ2n) is 7.72. The van der Waals surface area contributed by atoms with Crippen molar-refractivity contribution >= 4 is 52.3 Å². The second kappa shape index (κ2) is 8.01. The Hall–Kier alpha value is -3.71. The summed E-state index contributed by atoms with van der Waals surface area (Å²) in [4.78, 5) is 29.9. The zero-order valence-corrected chi connectivity index (χ0v) is 17.8. The molecule has 2 aromatic carbocycles. The number of alkyl halides is 3. The third-order valence-corrected chi connectivity index (χ3v) is 6.19. The molecule has 0 unspecified atom stereocenters. The van der Waals surface area contributed by atoms with Gasteiger partial charge in [-0.05, 0) is 67.4 Å². The smallest absolute Gasteiger partial charge is 0.407 e. The molecule has 33 heavy (non-hydrogen) atoms. The molecule has 0 bridgehead atoms. The number of amides is 1. The van der Waals surface area contributed by atoms with Gasteiger partial charge in [-0.25, -0.2) is 9.64 Å². The van der Waals surface area contributed by atoms with Crippen LogP contribution in [0.5, 0.6) is 0 Å². The van der Waals surface area contributed by atoms with Crippen molar-refractivity contribution in [2.45, 2.75) is 31.0 Å². The zero-order valence-electron chi connectivity index (χ0n) is 17.0. The average Bonchev–Trinajstić information content (AvgIpc) is 2.98. The molecule has 1 heterocycles. The lowest BCUT2D eigenvalue weighted by Crippen LogP contribution is -2.55. The van der Waals surface area contributed by atoms with Gasteiger partial charge in [0.15, 0.2) is 10.8 Å². The molecule has 1 aliphatic carbocycles. The molecule has 0 aromatic heterocycles. The highest BCUT2D eigenvalue weighted by Crippen LogP contribution is 2.48. The van der Waals surface area contributed by atoms with Gasteiger partial charge in [0.1, 0.15) is 5.54 Å². The van der Waals surface area contributed by atoms with Crippen LogP contribution < -0.4 is 9.80 Å². The van der Waals surface area contributed by atoms with E-state index in [1.54, 1.807) is 29.2 Å². The summed E-state index contributed by atoms with van der Waals surface area (Å²) in [6.45, 7) is 7.01. The first kappa shape index (κ1) is 22.5. The van der Waals surface area contributed by atoms with Crippen LogP contribution in [0, 0.1) is 6.57 Å². The minimum Gasteiger partial charge on any atom is -0.478 e. The van der Waals surface area contributed by atoms with E-state index < -0.39 is 34.8 Å². The Morgan fingerprint density at radius 2 is 1.79 bits per heavy atom. The molecule has 1 saturated heterocycles. The number of rotatable bonds is 4. The second-order valence-corrected chi connectivity index (χ2v) is 8.08. The summed E-state index contributed by atoms with van der Waals surface area (Å²) < 4.78 is 40.5. The minimum atomic E-state index is -4.76. The van der Waals surface area contributed by atoms with Gasteiger partial charge in [0, 0.05) is 17.5 Å². The Morgan fingerprint density at radius 1 is 1.15 bits per heavy atom. The molecule has 1 amide bonds. The zero-order chi connectivity index (χ0) is 24.0. The van der Waals surface area contributed by atoms with Gasteiger partial charge >= 0.3 is 12.1 Å². The van der Waals surface area contributed by atoms with Crippen LogP contribution in [0.2, 0.25) is 0 Å². The van der Waals surface area contributed by atoms with E-state index in [9.17, 15) is 22.8 Å². The van der Waals surface area contributed by atoms with E-state index in [0.29, 0.717) is 24.1 Å². The maximum atomic E-state index is 13.5. The van der Waals surface area contributed by atoms with Crippen molar-refractivity contribution in [3.63, 3.8) is 0 Å². The van der Waals surface area contributed by atoms with Crippen molar-refractivity contribution in [1.29, 1.82) is 0 Å². The van der Waals surface area contributed by atoms with Crippen molar-refractivity contribution in [2.24, 2.45) is 0 Å². The number of halogens is 3. The molecule has 1 spiro atoms. The summed E-state index contributed by atoms with van der Waals surface area (Å²) >= 11 is 5.57. The van der Waals surface area contributed by atoms with Gasteiger partial charge in [0.25, 0.3) is 5.91 Å². The molecule has 1 N–H and O–H groups in total. The predicted molar refractivity (Wildman–Crippen MR) is 120 cm³/mol. The number of anilines is 2. The van der Waals surface area contributed by atoms with E-state index in [4.69, 9.17) is 23.9 Å². The summed E-state index contributed by atoms with van der Waals surface area (Å²) in [5, 5.41) is 8.83. The van der Waals surface area contributed by atoms with Gasteiger partial charge in [-0.2, -0.15) is 13.2 Å². The highest BCUT2D eigenvalue weighted by atomic mass is 32.1. The predicted octanol–water partition coefficient (Wildman–Crippen LogP) is 5.41. The Labute approximate surface area is 192 Å². The molecule has 4 rings (SSSR count). The maximum absolute atomic E-state index is 13.5. The number of carboxylic acids is 1. The molecular formula is C23H16F3N3O3S. The van der Waals surface area contributed by atoms with Crippen molar-refractivity contribution in [1.82, 2.24) is 0 Å². The van der Waals surface area contributed by atoms with E-state index in [1.807, 2.05) is 0 Å². The number of hydrogen-bond acceptors (Lipinski definition) is 3. The van der Waals surface area contributed by atoms with Crippen molar-refractivity contribution in [3.05, 3.63) is 71.1 Å². The first-order valence-corrected chi connectivity index (χ1v) is 10.3. The Balaban J connectivity index is 1.74. The van der Waals surface area contributed by atoms with Crippen LogP contribution in [0.15, 0.2) is 48.5 Å². The number of thiocarbonyl (C=S) groups is 1. The van der Waals surface area contributed by atoms with Crippen LogP contribution >= 0.6 is 12.2 Å². The Kier molecular flexibility index (Phi) is 5.46. The third-order valence-electron chi connectivity index (χ3n) is 5.83. The molecule has 10 heteroatoms. The summed E-state index contributed by atoms with van der Waals surface area (Å²) in [6, 6.07) is 9.84. The lowest BCUT2D eigenvalue weighted by Gasteiger charge is -2.43. The normalized spacial score (nSPS) is 17.5. The van der Waals surface area contributed by atoms with E-state index in [1.165, 1.54) is 12.1 Å². The summed E-state index contributed by atoms with van der Waals surface area (Å²) in [5.41, 5.74) is -1.49. The van der Waals surface area contributed by atoms with Crippen LogP contribution in [0.3, 0.4) is 0 Å². The van der Waals surface area contributed by atoms with Gasteiger partial charge in [-0.3, -0.25) is 9.69 Å². The number of hydrogen-bond donors (Lipinski definition) is 1. The molecular weight excluding hydrogens is 455 g/mol. The molecule has 168 valence electrons. The summed E-state index contributed by atoms with van der Waals surface area (Å²) in [6.07, 6.45) is -0.581. The highest BCUT2D eigenvalue weighted by Gasteiger charge is 2.59. The number of aliphatic carboxylic acids is 1. The van der Waals surface area contributed by atoms with Crippen LogP contribution in [-0.2, 0) is 15.8 Å². The quantitative estimate of drug-likeness (QED) is 0.367. The molecule has 2 aliphatic rings. The lowest BCUT2D eigenvalue weighted by atomic mass is 9.75. The molecule has 2 aromatic rings. The third kappa shape index (κ3) is 3.74. The fourth-order valence-electron chi connectivity index (χ4n) is 4.10. The number of carboxylic acid groups (broad SMARTS) is 1. The van der Waals surface area contributed by atoms with Crippen molar-refractivity contribution in [3.8, 4) is 0 Å². The van der Waals surface area contributed by atoms with E-state index in [-0.39, 0.29) is 10.8 Å². The van der Waals surface area contributed by atoms with Gasteiger partial charge in [0.2, 0.25) is 0 Å². The number of carbonyl (C=O) groups is 2. The molecule has 1 saturated carbocycles. The summed E-state index contributed by atoms with van der Waals surface area (Å²) in [7, 11) is 0. The van der Waals surface area contributed by atoms with Crippen molar-refractivity contribution in [2.75, 3.05) is 9.80 Å². The fourth-order valence-corrected chi connectivity index (χ4v) is 4.57. The Morgan fingerprint density at radius 3 is 2.30 bits per heavy atom. The molecule has 2 fully saturated rings. The Bertz CT molecular complexity index is 1230. The monoisotopic (exact) mass is 471 g/mol. The van der Waals surface area contributed by atoms with Crippen LogP contribution in [0.4, 0.5) is 30.2 Å². The van der Waals surface area contributed by atoms with E-state index in [2.05, 4.69) is 4.85 Å². The summed E-state index contributed by atoms with van der Waals surface area (Å²) in [5.74, 6) is -1.49. The van der Waals surface area contributed by atoms with Crippen molar-refractivity contribution < 1.29 is 27.9 Å². The van der Waals surface area contributed by atoms with E-state index >= 15 is 0 Å². The SMILES string of the molecule is [C-]#[N+]c1ccc(N2C(=O)C3(CCC3)N(c3ccc(C=CC(=O)O)cc3)C2=S)cc1C(F)(F)F. The minimum absolute atomic E-state index is 0.0421. The van der Waals surface area contributed by atoms with Gasteiger partial charge < -0.3 is 10.0 Å². The molecule has 6 nitrogen and oxygen atoms in total. The fraction of sp³-hybridized carbons (Fsp3) is 0.217. The van der Waals surface area contributed by atoms with Gasteiger partial charge in [-0.15, -0.1) is 0 Å². The van der Waals surface area contributed by atoms with Gasteiger partial charge in [0.05, 0.1) is 12.1 Å². The largest absolute Gasteiger partial charge is 0.478 e. The highest BCUT2D eigenvalue weighted by molar-refractivity contribution is 7.81. The topological polar surface area (TPSA) is 65.2 Å². The maximum Gasteiger partial charge on any atom is 0.407 e. The van der Waals surface area contributed by atoms with Crippen LogP contribution in [0.1, 0.15) is 30.4 Å². The molecule has 1 aliphatic heterocycles. The van der Waals surface area contributed by atoms with Crippen LogP contribution in [-0.4, -0.2) is 27.6 Å². The van der Waals surface area contributed by atoms with E-state index in [0.717, 1.165) is 29.5 Å². The number of benzene rings is 2. The average molecular weight is 471 g/mol. The lowest BCUT2D eigenvalue weighted by molar-refractivity contribution is -0.137. The molecule has 0 atom stereocenters. The van der Waals surface area contributed by atoms with Gasteiger partial charge in [-0.1, -0.05) is 18.2 Å². The number of nitrogens with zero attached hydrogens (tertiary/aromatic N) is 3. The van der Waals surface area contributed by atoms with Crippen LogP contribution in [0.25, 0.3) is 10.9 Å². The molecule has 0 radical (unpaired) electrons. The standard InChI is InChI=1S/C23H16F3N3O3S/c1-27-18-9-8-16(13-17(18)23(24,25)26)28-20(32)22(11-2-12-22)29(21(28)33)15-6-3-14(4-7-15)5-10-19(30)31/h3-10,13H,2,11-12H2,(H,30,31).